The van der Waals surface area contributed by atoms with Gasteiger partial charge in [-0.15, -0.1) is 0 Å². The van der Waals surface area contributed by atoms with Gasteiger partial charge in [0.15, 0.2) is 0 Å². The van der Waals surface area contributed by atoms with Crippen molar-refractivity contribution in [3.05, 3.63) is 29.8 Å². The van der Waals surface area contributed by atoms with E-state index in [9.17, 15) is 14.4 Å². The van der Waals surface area contributed by atoms with E-state index in [4.69, 9.17) is 0 Å². The lowest BCUT2D eigenvalue weighted by Crippen LogP contribution is -2.18. The van der Waals surface area contributed by atoms with Crippen molar-refractivity contribution in [3.63, 3.8) is 0 Å². The first-order valence-corrected chi connectivity index (χ1v) is 5.25. The third kappa shape index (κ3) is 3.58. The maximum absolute atomic E-state index is 11.6. The molecule has 96 valence electrons. The number of Topliss-reactive ketones (excluding diaryl/α,β-unsaturated/α-hetero) is 1. The summed E-state index contributed by atoms with van der Waals surface area (Å²) in [6, 6.07) is 5.94. The molecule has 0 atom stereocenters. The van der Waals surface area contributed by atoms with Crippen molar-refractivity contribution in [2.75, 3.05) is 19.0 Å². The molecule has 0 saturated heterocycles. The van der Waals surface area contributed by atoms with Gasteiger partial charge in [0.2, 0.25) is 0 Å². The largest absolute Gasteiger partial charge is 0.460 e. The van der Waals surface area contributed by atoms with Gasteiger partial charge in [-0.1, -0.05) is 12.1 Å². The molecule has 1 rings (SSSR count). The van der Waals surface area contributed by atoms with Gasteiger partial charge in [0.05, 0.1) is 13.7 Å². The number of methoxy groups -OCH3 is 1. The summed E-state index contributed by atoms with van der Waals surface area (Å²) in [6.07, 6.45) is -0.657. The number of amides is 1. The Morgan fingerprint density at radius 1 is 1.28 bits per heavy atom. The Hall–Kier alpha value is -2.37. The SMILES string of the molecule is CCOC(=O)C(=O)c1cccc(NC(=O)OC)c1. The highest BCUT2D eigenvalue weighted by Crippen LogP contribution is 2.12. The Kier molecular flexibility index (Phi) is 4.86. The van der Waals surface area contributed by atoms with Crippen LogP contribution in [0.4, 0.5) is 10.5 Å². The lowest BCUT2D eigenvalue weighted by molar-refractivity contribution is -0.137. The molecule has 0 fully saturated rings. The van der Waals surface area contributed by atoms with Crippen molar-refractivity contribution >= 4 is 23.5 Å². The second-order valence-electron chi connectivity index (χ2n) is 3.25. The molecule has 0 unspecified atom stereocenters. The fourth-order valence-electron chi connectivity index (χ4n) is 1.22. The summed E-state index contributed by atoms with van der Waals surface area (Å²) in [5, 5.41) is 2.39. The van der Waals surface area contributed by atoms with Gasteiger partial charge in [0.1, 0.15) is 0 Å². The summed E-state index contributed by atoms with van der Waals surface area (Å²) in [5.74, 6) is -1.68. The first kappa shape index (κ1) is 13.7. The first-order chi connectivity index (χ1) is 8.58. The van der Waals surface area contributed by atoms with Crippen LogP contribution in [0, 0.1) is 0 Å². The van der Waals surface area contributed by atoms with Crippen LogP contribution in [0.1, 0.15) is 17.3 Å². The molecule has 1 N–H and O–H groups in total. The predicted octanol–water partition coefficient (Wildman–Crippen LogP) is 1.61. The minimum absolute atomic E-state index is 0.130. The summed E-state index contributed by atoms with van der Waals surface area (Å²) >= 11 is 0. The van der Waals surface area contributed by atoms with Gasteiger partial charge in [-0.25, -0.2) is 9.59 Å². The quantitative estimate of drug-likeness (QED) is 0.499. The number of nitrogens with one attached hydrogen (secondary N) is 1. The summed E-state index contributed by atoms with van der Waals surface area (Å²) in [5.41, 5.74) is 0.499. The van der Waals surface area contributed by atoms with Crippen LogP contribution in [0.25, 0.3) is 0 Å². The van der Waals surface area contributed by atoms with E-state index < -0.39 is 17.8 Å². The van der Waals surface area contributed by atoms with Crippen LogP contribution in [0.3, 0.4) is 0 Å². The maximum atomic E-state index is 11.6. The molecule has 6 nitrogen and oxygen atoms in total. The molecule has 1 aromatic carbocycles. The standard InChI is InChI=1S/C12H13NO5/c1-3-18-11(15)10(14)8-5-4-6-9(7-8)13-12(16)17-2/h4-7H,3H2,1-2H3,(H,13,16). The average Bonchev–Trinajstić information content (AvgIpc) is 2.38. The number of benzene rings is 1. The van der Waals surface area contributed by atoms with Gasteiger partial charge in [0.25, 0.3) is 5.78 Å². The van der Waals surface area contributed by atoms with Crippen LogP contribution in [0.5, 0.6) is 0 Å². The second-order valence-corrected chi connectivity index (χ2v) is 3.25. The molecular weight excluding hydrogens is 238 g/mol. The molecule has 0 radical (unpaired) electrons. The van der Waals surface area contributed by atoms with E-state index in [1.165, 1.54) is 25.3 Å². The highest BCUT2D eigenvalue weighted by Gasteiger charge is 2.17. The monoisotopic (exact) mass is 251 g/mol. The van der Waals surface area contributed by atoms with Gasteiger partial charge in [-0.3, -0.25) is 10.1 Å². The van der Waals surface area contributed by atoms with Crippen molar-refractivity contribution in [1.82, 2.24) is 0 Å². The Balaban J connectivity index is 2.84. The molecule has 1 amide bonds. The molecule has 0 aliphatic carbocycles. The topological polar surface area (TPSA) is 81.7 Å². The molecule has 18 heavy (non-hydrogen) atoms. The van der Waals surface area contributed by atoms with Gasteiger partial charge in [-0.05, 0) is 19.1 Å². The van der Waals surface area contributed by atoms with E-state index in [0.29, 0.717) is 5.69 Å². The Labute approximate surface area is 104 Å². The molecule has 0 aromatic heterocycles. The van der Waals surface area contributed by atoms with E-state index in [-0.39, 0.29) is 12.2 Å². The van der Waals surface area contributed by atoms with Gasteiger partial charge in [0, 0.05) is 11.3 Å². The van der Waals surface area contributed by atoms with Crippen molar-refractivity contribution in [2.45, 2.75) is 6.92 Å². The molecule has 0 heterocycles. The van der Waals surface area contributed by atoms with Crippen molar-refractivity contribution in [3.8, 4) is 0 Å². The summed E-state index contributed by atoms with van der Waals surface area (Å²) in [6.45, 7) is 1.74. The van der Waals surface area contributed by atoms with E-state index in [1.807, 2.05) is 0 Å². The van der Waals surface area contributed by atoms with Gasteiger partial charge >= 0.3 is 12.1 Å². The number of carbonyl (C=O) groups excluding carboxylic acids is 3. The number of anilines is 1. The lowest BCUT2D eigenvalue weighted by Gasteiger charge is -2.05. The normalized spacial score (nSPS) is 9.44. The molecule has 0 spiro atoms. The van der Waals surface area contributed by atoms with Crippen LogP contribution < -0.4 is 5.32 Å². The lowest BCUT2D eigenvalue weighted by atomic mass is 10.1. The van der Waals surface area contributed by atoms with Gasteiger partial charge < -0.3 is 9.47 Å². The third-order valence-electron chi connectivity index (χ3n) is 2.02. The summed E-state index contributed by atoms with van der Waals surface area (Å²) in [7, 11) is 1.23. The number of hydrogen-bond acceptors (Lipinski definition) is 5. The Morgan fingerprint density at radius 3 is 2.61 bits per heavy atom. The first-order valence-electron chi connectivity index (χ1n) is 5.25. The zero-order chi connectivity index (χ0) is 13.5. The van der Waals surface area contributed by atoms with Crippen LogP contribution in [-0.4, -0.2) is 31.6 Å². The molecule has 6 heteroatoms. The second kappa shape index (κ2) is 6.39. The molecular formula is C12H13NO5. The number of ether oxygens (including phenoxy) is 2. The Morgan fingerprint density at radius 2 is 2.00 bits per heavy atom. The zero-order valence-electron chi connectivity index (χ0n) is 10.1. The number of esters is 1. The third-order valence-corrected chi connectivity index (χ3v) is 2.02. The fourth-order valence-corrected chi connectivity index (χ4v) is 1.22. The highest BCUT2D eigenvalue weighted by molar-refractivity contribution is 6.40. The minimum Gasteiger partial charge on any atom is -0.460 e. The van der Waals surface area contributed by atoms with Crippen LogP contribution in [0.2, 0.25) is 0 Å². The molecule has 0 bridgehead atoms. The van der Waals surface area contributed by atoms with E-state index in [1.54, 1.807) is 13.0 Å². The van der Waals surface area contributed by atoms with Crippen molar-refractivity contribution in [2.24, 2.45) is 0 Å². The minimum atomic E-state index is -0.923. The summed E-state index contributed by atoms with van der Waals surface area (Å²) < 4.78 is 9.01. The van der Waals surface area contributed by atoms with Gasteiger partial charge in [-0.2, -0.15) is 0 Å². The molecule has 1 aromatic rings. The predicted molar refractivity (Wildman–Crippen MR) is 63.4 cm³/mol. The van der Waals surface area contributed by atoms with E-state index >= 15 is 0 Å². The molecule has 0 saturated carbocycles. The Bertz CT molecular complexity index is 469. The van der Waals surface area contributed by atoms with Crippen molar-refractivity contribution in [1.29, 1.82) is 0 Å². The van der Waals surface area contributed by atoms with E-state index in [0.717, 1.165) is 0 Å². The summed E-state index contributed by atoms with van der Waals surface area (Å²) in [4.78, 5) is 33.9. The number of ketones is 1. The molecule has 0 aliphatic rings. The average molecular weight is 251 g/mol. The number of hydrogen-bond donors (Lipinski definition) is 1. The van der Waals surface area contributed by atoms with E-state index in [2.05, 4.69) is 14.8 Å². The number of carbonyl (C=O) groups is 3. The van der Waals surface area contributed by atoms with Crippen LogP contribution >= 0.6 is 0 Å². The zero-order valence-corrected chi connectivity index (χ0v) is 10.1. The smallest absolute Gasteiger partial charge is 0.411 e. The number of rotatable bonds is 4. The molecule has 0 aliphatic heterocycles. The van der Waals surface area contributed by atoms with Crippen molar-refractivity contribution < 1.29 is 23.9 Å². The van der Waals surface area contributed by atoms with Crippen LogP contribution in [0.15, 0.2) is 24.3 Å². The maximum Gasteiger partial charge on any atom is 0.411 e. The fraction of sp³-hybridized carbons (Fsp3) is 0.250. The van der Waals surface area contributed by atoms with Crippen LogP contribution in [-0.2, 0) is 14.3 Å². The highest BCUT2D eigenvalue weighted by atomic mass is 16.5.